The first-order valence-corrected chi connectivity index (χ1v) is 8.98. The smallest absolute Gasteiger partial charge is 0.264 e. The minimum atomic E-state index is -0.149. The van der Waals surface area contributed by atoms with Gasteiger partial charge in [0.1, 0.15) is 5.56 Å². The van der Waals surface area contributed by atoms with Crippen molar-refractivity contribution in [2.24, 2.45) is 5.92 Å². The van der Waals surface area contributed by atoms with Crippen LogP contribution in [0.1, 0.15) is 35.5 Å². The Morgan fingerprint density at radius 2 is 2.04 bits per heavy atom. The Morgan fingerprint density at radius 1 is 1.19 bits per heavy atom. The van der Waals surface area contributed by atoms with E-state index in [2.05, 4.69) is 29.1 Å². The van der Waals surface area contributed by atoms with Crippen molar-refractivity contribution >= 4 is 11.6 Å². The summed E-state index contributed by atoms with van der Waals surface area (Å²) < 4.78 is 7.62. The van der Waals surface area contributed by atoms with Crippen LogP contribution in [-0.2, 0) is 13.1 Å². The van der Waals surface area contributed by atoms with Gasteiger partial charge in [0.25, 0.3) is 5.91 Å². The molecule has 0 radical (unpaired) electrons. The van der Waals surface area contributed by atoms with Crippen molar-refractivity contribution in [2.45, 2.75) is 26.9 Å². The van der Waals surface area contributed by atoms with Crippen molar-refractivity contribution in [3.05, 3.63) is 65.6 Å². The molecule has 3 heterocycles. The van der Waals surface area contributed by atoms with Crippen LogP contribution in [0.3, 0.4) is 0 Å². The maximum absolute atomic E-state index is 13.5. The van der Waals surface area contributed by atoms with Gasteiger partial charge in [-0.3, -0.25) is 4.79 Å². The number of fused-ring (bicyclic) bond motifs is 2. The van der Waals surface area contributed by atoms with Crippen LogP contribution in [0.5, 0.6) is 5.88 Å². The van der Waals surface area contributed by atoms with E-state index in [-0.39, 0.29) is 5.91 Å². The molecule has 138 valence electrons. The number of carbonyl (C=O) groups excluding carboxylic acids is 1. The predicted octanol–water partition coefficient (Wildman–Crippen LogP) is 2.92. The van der Waals surface area contributed by atoms with Crippen LogP contribution in [0.2, 0.25) is 0 Å². The molecule has 2 aromatic heterocycles. The van der Waals surface area contributed by atoms with E-state index in [1.54, 1.807) is 29.4 Å². The van der Waals surface area contributed by atoms with Gasteiger partial charge in [-0.1, -0.05) is 37.3 Å². The molecule has 7 heteroatoms. The van der Waals surface area contributed by atoms with Gasteiger partial charge in [-0.05, 0) is 29.7 Å². The van der Waals surface area contributed by atoms with E-state index in [1.165, 1.54) is 0 Å². The Labute approximate surface area is 157 Å². The van der Waals surface area contributed by atoms with E-state index in [0.29, 0.717) is 37.1 Å². The number of amides is 1. The lowest BCUT2D eigenvalue weighted by atomic mass is 10.1. The first-order valence-electron chi connectivity index (χ1n) is 8.98. The second-order valence-corrected chi connectivity index (χ2v) is 6.96. The predicted molar refractivity (Wildman–Crippen MR) is 101 cm³/mol. The number of aromatic nitrogens is 4. The Morgan fingerprint density at radius 3 is 2.89 bits per heavy atom. The summed E-state index contributed by atoms with van der Waals surface area (Å²) in [5.41, 5.74) is 3.22. The number of nitrogens with zero attached hydrogens (tertiary/aromatic N) is 5. The third-order valence-electron chi connectivity index (χ3n) is 4.42. The molecule has 0 saturated carbocycles. The second kappa shape index (κ2) is 7.19. The van der Waals surface area contributed by atoms with Crippen LogP contribution in [0, 0.1) is 5.92 Å². The summed E-state index contributed by atoms with van der Waals surface area (Å²) in [6, 6.07) is 11.4. The zero-order valence-corrected chi connectivity index (χ0v) is 15.4. The molecule has 0 atom stereocenters. The van der Waals surface area contributed by atoms with Crippen LogP contribution >= 0.6 is 0 Å². The zero-order valence-electron chi connectivity index (χ0n) is 15.4. The summed E-state index contributed by atoms with van der Waals surface area (Å²) in [6.07, 6.45) is 3.34. The van der Waals surface area contributed by atoms with Gasteiger partial charge >= 0.3 is 0 Å². The fraction of sp³-hybridized carbons (Fsp3) is 0.300. The molecule has 0 N–H and O–H groups in total. The molecular formula is C20H21N5O2. The molecule has 0 bridgehead atoms. The van der Waals surface area contributed by atoms with Gasteiger partial charge in [-0.2, -0.15) is 0 Å². The van der Waals surface area contributed by atoms with Crippen molar-refractivity contribution in [1.82, 2.24) is 20.0 Å². The zero-order chi connectivity index (χ0) is 18.8. The van der Waals surface area contributed by atoms with E-state index < -0.39 is 0 Å². The summed E-state index contributed by atoms with van der Waals surface area (Å²) in [7, 11) is 0. The summed E-state index contributed by atoms with van der Waals surface area (Å²) in [5.74, 6) is 0.558. The minimum Gasteiger partial charge on any atom is -0.477 e. The summed E-state index contributed by atoms with van der Waals surface area (Å²) in [4.78, 5) is 19.5. The lowest BCUT2D eigenvalue weighted by Gasteiger charge is -2.23. The fourth-order valence-corrected chi connectivity index (χ4v) is 3.09. The topological polar surface area (TPSA) is 73.1 Å². The largest absolute Gasteiger partial charge is 0.477 e. The molecule has 1 amide bonds. The van der Waals surface area contributed by atoms with Crippen LogP contribution in [0.4, 0.5) is 5.69 Å². The number of ether oxygens (including phenoxy) is 1. The van der Waals surface area contributed by atoms with Gasteiger partial charge in [0, 0.05) is 11.9 Å². The van der Waals surface area contributed by atoms with Crippen LogP contribution in [0.15, 0.2) is 48.8 Å². The standard InChI is InChI=1S/C20H21N5O2/c1-14(2)13-27-19-17(7-5-9-21-19)20(26)24-12-16-10-22-23-25(16)11-15-6-3-4-8-18(15)24/h3-10,14H,11-13H2,1-2H3. The molecule has 0 aliphatic carbocycles. The Bertz CT molecular complexity index is 966. The molecule has 0 unspecified atom stereocenters. The van der Waals surface area contributed by atoms with Gasteiger partial charge in [0.05, 0.1) is 31.6 Å². The van der Waals surface area contributed by atoms with E-state index in [0.717, 1.165) is 16.9 Å². The third kappa shape index (κ3) is 3.40. The number of pyridine rings is 1. The molecule has 7 nitrogen and oxygen atoms in total. The van der Waals surface area contributed by atoms with Gasteiger partial charge < -0.3 is 9.64 Å². The highest BCUT2D eigenvalue weighted by Gasteiger charge is 2.27. The van der Waals surface area contributed by atoms with E-state index >= 15 is 0 Å². The Hall–Kier alpha value is -3.22. The second-order valence-electron chi connectivity index (χ2n) is 6.96. The maximum Gasteiger partial charge on any atom is 0.264 e. The van der Waals surface area contributed by atoms with Gasteiger partial charge in [0.2, 0.25) is 5.88 Å². The molecule has 3 aromatic rings. The lowest BCUT2D eigenvalue weighted by Crippen LogP contribution is -2.31. The lowest BCUT2D eigenvalue weighted by molar-refractivity contribution is 0.0979. The first kappa shape index (κ1) is 17.2. The normalized spacial score (nSPS) is 13.1. The van der Waals surface area contributed by atoms with E-state index in [4.69, 9.17) is 4.74 Å². The van der Waals surface area contributed by atoms with Crippen LogP contribution < -0.4 is 9.64 Å². The molecule has 0 spiro atoms. The molecule has 0 saturated heterocycles. The van der Waals surface area contributed by atoms with Crippen LogP contribution in [-0.4, -0.2) is 32.5 Å². The summed E-state index contributed by atoms with van der Waals surface area (Å²) in [6.45, 7) is 5.60. The number of carbonyl (C=O) groups is 1. The highest BCUT2D eigenvalue weighted by Crippen LogP contribution is 2.29. The molecular weight excluding hydrogens is 342 g/mol. The number of hydrogen-bond donors (Lipinski definition) is 0. The van der Waals surface area contributed by atoms with Crippen molar-refractivity contribution < 1.29 is 9.53 Å². The number of rotatable bonds is 4. The molecule has 0 fully saturated rings. The van der Waals surface area contributed by atoms with Gasteiger partial charge in [-0.25, -0.2) is 9.67 Å². The number of hydrogen-bond acceptors (Lipinski definition) is 5. The van der Waals surface area contributed by atoms with Gasteiger partial charge in [-0.15, -0.1) is 5.10 Å². The SMILES string of the molecule is CC(C)COc1ncccc1C(=O)N1Cc2cnnn2Cc2ccccc21. The van der Waals surface area contributed by atoms with Crippen molar-refractivity contribution in [3.8, 4) is 5.88 Å². The van der Waals surface area contributed by atoms with Crippen molar-refractivity contribution in [2.75, 3.05) is 11.5 Å². The molecule has 27 heavy (non-hydrogen) atoms. The Kier molecular flexibility index (Phi) is 4.58. The van der Waals surface area contributed by atoms with Crippen LogP contribution in [0.25, 0.3) is 0 Å². The highest BCUT2D eigenvalue weighted by molar-refractivity contribution is 6.07. The van der Waals surface area contributed by atoms with Gasteiger partial charge in [0.15, 0.2) is 0 Å². The quantitative estimate of drug-likeness (QED) is 0.713. The monoisotopic (exact) mass is 363 g/mol. The average Bonchev–Trinajstić information content (AvgIpc) is 3.05. The summed E-state index contributed by atoms with van der Waals surface area (Å²) in [5, 5.41) is 8.13. The number of benzene rings is 1. The number of anilines is 1. The molecule has 1 aromatic carbocycles. The average molecular weight is 363 g/mol. The first-order chi connectivity index (χ1) is 13.1. The minimum absolute atomic E-state index is 0.149. The van der Waals surface area contributed by atoms with E-state index in [1.807, 2.05) is 28.9 Å². The molecule has 1 aliphatic rings. The van der Waals surface area contributed by atoms with E-state index in [9.17, 15) is 4.79 Å². The Balaban J connectivity index is 1.74. The molecule has 4 rings (SSSR count). The maximum atomic E-state index is 13.5. The fourth-order valence-electron chi connectivity index (χ4n) is 3.09. The van der Waals surface area contributed by atoms with Crippen molar-refractivity contribution in [3.63, 3.8) is 0 Å². The summed E-state index contributed by atoms with van der Waals surface area (Å²) >= 11 is 0. The third-order valence-corrected chi connectivity index (χ3v) is 4.42. The number of para-hydroxylation sites is 1. The highest BCUT2D eigenvalue weighted by atomic mass is 16.5. The molecule has 1 aliphatic heterocycles. The van der Waals surface area contributed by atoms with Crippen molar-refractivity contribution in [1.29, 1.82) is 0 Å².